The molecule has 3 aliphatic rings. The Kier molecular flexibility index (Phi) is 10.3. The second-order valence-corrected chi connectivity index (χ2v) is 13.2. The molecule has 3 fully saturated rings. The van der Waals surface area contributed by atoms with Gasteiger partial charge in [-0.2, -0.15) is 5.10 Å². The molecule has 14 nitrogen and oxygen atoms in total. The number of nitrogens with two attached hydrogens (primary N) is 1. The number of carbonyl (C=O) groups excluding carboxylic acids is 1. The highest BCUT2D eigenvalue weighted by molar-refractivity contribution is 6.10. The molecular weight excluding hydrogens is 650 g/mol. The van der Waals surface area contributed by atoms with Gasteiger partial charge in [0.15, 0.2) is 11.5 Å². The van der Waals surface area contributed by atoms with Crippen LogP contribution >= 0.6 is 0 Å². The largest absolute Gasteiger partial charge is 0.476 e. The van der Waals surface area contributed by atoms with E-state index < -0.39 is 5.97 Å². The SMILES string of the molecule is CC(=O)N1CCC(=NC2CCOCC2)C(=C(N)c2cccc3cc(-c4cnn(CCOC5CCN(c6ccc(C(=O)O)nn6)CC5)c4)ncc23)C1. The zero-order valence-corrected chi connectivity index (χ0v) is 28.8. The van der Waals surface area contributed by atoms with Crippen LogP contribution in [-0.4, -0.2) is 111 Å². The maximum atomic E-state index is 12.4. The summed E-state index contributed by atoms with van der Waals surface area (Å²) in [6, 6.07) is 11.5. The zero-order valence-electron chi connectivity index (χ0n) is 28.8. The number of benzene rings is 1. The van der Waals surface area contributed by atoms with E-state index in [0.29, 0.717) is 57.4 Å². The summed E-state index contributed by atoms with van der Waals surface area (Å²) in [7, 11) is 0. The number of carbonyl (C=O) groups is 2. The fraction of sp³-hybridized carbons (Fsp3) is 0.432. The number of fused-ring (bicyclic) bond motifs is 1. The van der Waals surface area contributed by atoms with Crippen molar-refractivity contribution < 1.29 is 24.2 Å². The first kappa shape index (κ1) is 34.2. The number of hydrogen-bond acceptors (Lipinski definition) is 11. The van der Waals surface area contributed by atoms with Crippen molar-refractivity contribution in [1.82, 2.24) is 29.9 Å². The van der Waals surface area contributed by atoms with Gasteiger partial charge in [0.1, 0.15) is 0 Å². The molecule has 3 aliphatic heterocycles. The number of hydrogen-bond donors (Lipinski definition) is 2. The van der Waals surface area contributed by atoms with E-state index in [1.807, 2.05) is 40.3 Å². The summed E-state index contributed by atoms with van der Waals surface area (Å²) >= 11 is 0. The summed E-state index contributed by atoms with van der Waals surface area (Å²) < 4.78 is 13.6. The van der Waals surface area contributed by atoms with Crippen molar-refractivity contribution in [3.8, 4) is 11.3 Å². The highest BCUT2D eigenvalue weighted by Crippen LogP contribution is 2.30. The van der Waals surface area contributed by atoms with E-state index >= 15 is 0 Å². The highest BCUT2D eigenvalue weighted by atomic mass is 16.5. The number of aromatic carboxylic acids is 1. The van der Waals surface area contributed by atoms with Crippen LogP contribution in [0.15, 0.2) is 65.6 Å². The maximum Gasteiger partial charge on any atom is 0.356 e. The lowest BCUT2D eigenvalue weighted by molar-refractivity contribution is -0.128. The average molecular weight is 694 g/mol. The summed E-state index contributed by atoms with van der Waals surface area (Å²) in [6.07, 6.45) is 9.95. The van der Waals surface area contributed by atoms with Crippen LogP contribution in [-0.2, 0) is 20.8 Å². The van der Waals surface area contributed by atoms with Crippen molar-refractivity contribution in [2.75, 3.05) is 50.9 Å². The predicted molar refractivity (Wildman–Crippen MR) is 192 cm³/mol. The van der Waals surface area contributed by atoms with Gasteiger partial charge in [0.2, 0.25) is 5.91 Å². The summed E-state index contributed by atoms with van der Waals surface area (Å²) in [5, 5.41) is 23.4. The number of carboxylic acids is 1. The molecule has 7 rings (SSSR count). The summed E-state index contributed by atoms with van der Waals surface area (Å²) in [5.74, 6) is -0.379. The first-order valence-corrected chi connectivity index (χ1v) is 17.6. The topological polar surface area (TPSA) is 174 Å². The number of aliphatic imine (C=N–C) groups is 1. The fourth-order valence-electron chi connectivity index (χ4n) is 6.96. The number of piperidine rings is 2. The minimum absolute atomic E-state index is 0.0295. The number of anilines is 1. The molecule has 1 aromatic carbocycles. The van der Waals surface area contributed by atoms with Crippen LogP contribution in [0, 0.1) is 0 Å². The second-order valence-electron chi connectivity index (χ2n) is 13.2. The highest BCUT2D eigenvalue weighted by Gasteiger charge is 2.27. The van der Waals surface area contributed by atoms with Crippen LogP contribution < -0.4 is 10.6 Å². The zero-order chi connectivity index (χ0) is 35.3. The molecule has 0 spiro atoms. The molecule has 3 saturated heterocycles. The van der Waals surface area contributed by atoms with E-state index in [-0.39, 0.29) is 23.7 Å². The van der Waals surface area contributed by atoms with Crippen LogP contribution in [0.4, 0.5) is 5.82 Å². The number of carboxylic acid groups (broad SMARTS) is 1. The van der Waals surface area contributed by atoms with E-state index in [2.05, 4.69) is 32.3 Å². The van der Waals surface area contributed by atoms with Crippen LogP contribution in [0.3, 0.4) is 0 Å². The van der Waals surface area contributed by atoms with Gasteiger partial charge >= 0.3 is 5.97 Å². The van der Waals surface area contributed by atoms with Crippen molar-refractivity contribution in [3.05, 3.63) is 71.8 Å². The monoisotopic (exact) mass is 693 g/mol. The van der Waals surface area contributed by atoms with Crippen molar-refractivity contribution in [2.24, 2.45) is 10.7 Å². The minimum Gasteiger partial charge on any atom is -0.476 e. The van der Waals surface area contributed by atoms with Crippen LogP contribution in [0.5, 0.6) is 0 Å². The molecule has 0 unspecified atom stereocenters. The maximum absolute atomic E-state index is 12.4. The summed E-state index contributed by atoms with van der Waals surface area (Å²) in [6.45, 7) is 6.77. The van der Waals surface area contributed by atoms with Gasteiger partial charge in [-0.05, 0) is 49.3 Å². The lowest BCUT2D eigenvalue weighted by atomic mass is 9.93. The first-order chi connectivity index (χ1) is 24.8. The fourth-order valence-corrected chi connectivity index (χ4v) is 6.96. The number of aromatic nitrogens is 5. The molecule has 3 aromatic heterocycles. The predicted octanol–water partition coefficient (Wildman–Crippen LogP) is 3.81. The molecule has 0 radical (unpaired) electrons. The molecule has 0 atom stereocenters. The number of ether oxygens (including phenoxy) is 2. The smallest absolute Gasteiger partial charge is 0.356 e. The Hall–Kier alpha value is -5.21. The van der Waals surface area contributed by atoms with Gasteiger partial charge in [-0.3, -0.25) is 19.5 Å². The number of amides is 1. The number of nitrogens with zero attached hydrogens (tertiary/aromatic N) is 8. The van der Waals surface area contributed by atoms with Crippen LogP contribution in [0.1, 0.15) is 55.1 Å². The normalized spacial score (nSPS) is 19.5. The quantitative estimate of drug-likeness (QED) is 0.261. The number of pyridine rings is 1. The van der Waals surface area contributed by atoms with Gasteiger partial charge in [-0.25, -0.2) is 4.79 Å². The van der Waals surface area contributed by atoms with Gasteiger partial charge in [-0.15, -0.1) is 10.2 Å². The lowest BCUT2D eigenvalue weighted by Crippen LogP contribution is -2.40. The Balaban J connectivity index is 1.00. The van der Waals surface area contributed by atoms with E-state index in [4.69, 9.17) is 30.3 Å². The Labute approximate surface area is 296 Å². The third-order valence-electron chi connectivity index (χ3n) is 9.91. The van der Waals surface area contributed by atoms with Crippen molar-refractivity contribution in [1.29, 1.82) is 0 Å². The van der Waals surface area contributed by atoms with Crippen LogP contribution in [0.2, 0.25) is 0 Å². The van der Waals surface area contributed by atoms with Gasteiger partial charge < -0.3 is 30.1 Å². The minimum atomic E-state index is -1.09. The summed E-state index contributed by atoms with van der Waals surface area (Å²) in [5.41, 5.74) is 12.0. The molecule has 6 heterocycles. The van der Waals surface area contributed by atoms with Gasteiger partial charge in [0.05, 0.1) is 37.2 Å². The second kappa shape index (κ2) is 15.4. The van der Waals surface area contributed by atoms with Crippen molar-refractivity contribution >= 4 is 39.9 Å². The standard InChI is InChI=1S/C37H43N9O5/c1-24(47)45-14-9-32(41-27-10-16-50-17-11-27)31(23-45)36(38)29-4-2-3-25-19-34(39-21-30(25)29)26-20-40-46(22-26)15-18-51-28-7-12-44(13-8-28)35-6-5-33(37(48)49)42-43-35/h2-6,19-22,27-28H,7-18,23,38H2,1H3,(H,48,49). The van der Waals surface area contributed by atoms with E-state index in [0.717, 1.165) is 77.7 Å². The van der Waals surface area contributed by atoms with Gasteiger partial charge in [0, 0.05) is 98.6 Å². The Bertz CT molecular complexity index is 1940. The molecule has 51 heavy (non-hydrogen) atoms. The molecule has 4 aromatic rings. The average Bonchev–Trinajstić information content (AvgIpc) is 3.64. The third-order valence-corrected chi connectivity index (χ3v) is 9.91. The Morgan fingerprint density at radius 1 is 1.06 bits per heavy atom. The molecule has 0 aliphatic carbocycles. The molecule has 1 amide bonds. The molecule has 0 saturated carbocycles. The molecule has 266 valence electrons. The first-order valence-electron chi connectivity index (χ1n) is 17.6. The molecule has 3 N–H and O–H groups in total. The van der Waals surface area contributed by atoms with Gasteiger partial charge in [-0.1, -0.05) is 18.2 Å². The summed E-state index contributed by atoms with van der Waals surface area (Å²) in [4.78, 5) is 37.3. The molecule has 0 bridgehead atoms. The number of likely N-dealkylation sites (tertiary alicyclic amines) is 1. The Morgan fingerprint density at radius 2 is 1.88 bits per heavy atom. The van der Waals surface area contributed by atoms with Crippen LogP contribution in [0.25, 0.3) is 27.7 Å². The lowest BCUT2D eigenvalue weighted by Gasteiger charge is -2.32. The van der Waals surface area contributed by atoms with Crippen molar-refractivity contribution in [2.45, 2.75) is 57.7 Å². The number of rotatable bonds is 9. The van der Waals surface area contributed by atoms with E-state index in [1.54, 1.807) is 13.0 Å². The van der Waals surface area contributed by atoms with Crippen molar-refractivity contribution in [3.63, 3.8) is 0 Å². The third kappa shape index (κ3) is 7.92. The molecular formula is C37H43N9O5. The van der Waals surface area contributed by atoms with Gasteiger partial charge in [0.25, 0.3) is 0 Å². The van der Waals surface area contributed by atoms with E-state index in [1.165, 1.54) is 6.07 Å². The van der Waals surface area contributed by atoms with E-state index in [9.17, 15) is 9.59 Å². The molecule has 14 heteroatoms. The Morgan fingerprint density at radius 3 is 2.63 bits per heavy atom.